The molecule has 4 nitrogen and oxygen atoms in total. The Labute approximate surface area is 113 Å². The van der Waals surface area contributed by atoms with Crippen LogP contribution in [0.1, 0.15) is 18.4 Å². The number of hydrogen-bond acceptors (Lipinski definition) is 4. The SMILES string of the molecule is CN(CC1CCNCC1)c1nccc(C#N)c1Cl. The number of aromatic nitrogens is 1. The van der Waals surface area contributed by atoms with Crippen molar-refractivity contribution in [3.8, 4) is 6.07 Å². The molecule has 0 aromatic carbocycles. The summed E-state index contributed by atoms with van der Waals surface area (Å²) in [5.74, 6) is 1.37. The molecule has 0 unspecified atom stereocenters. The Balaban J connectivity index is 2.08. The second kappa shape index (κ2) is 6.03. The van der Waals surface area contributed by atoms with Gasteiger partial charge < -0.3 is 10.2 Å². The molecule has 0 bridgehead atoms. The summed E-state index contributed by atoms with van der Waals surface area (Å²) in [6, 6.07) is 3.73. The molecule has 96 valence electrons. The van der Waals surface area contributed by atoms with Gasteiger partial charge in [0.2, 0.25) is 0 Å². The molecule has 1 saturated heterocycles. The van der Waals surface area contributed by atoms with E-state index in [1.165, 1.54) is 12.8 Å². The van der Waals surface area contributed by atoms with Crippen molar-refractivity contribution in [1.82, 2.24) is 10.3 Å². The molecule has 1 aliphatic rings. The molecule has 1 N–H and O–H groups in total. The number of piperidine rings is 1. The van der Waals surface area contributed by atoms with Gasteiger partial charge in [0.1, 0.15) is 16.9 Å². The van der Waals surface area contributed by atoms with Crippen LogP contribution in [-0.4, -0.2) is 31.7 Å². The normalized spacial score (nSPS) is 16.3. The zero-order chi connectivity index (χ0) is 13.0. The van der Waals surface area contributed by atoms with Crippen LogP contribution in [0.3, 0.4) is 0 Å². The lowest BCUT2D eigenvalue weighted by Gasteiger charge is -2.28. The third-order valence-electron chi connectivity index (χ3n) is 3.34. The van der Waals surface area contributed by atoms with Crippen molar-refractivity contribution in [2.45, 2.75) is 12.8 Å². The Kier molecular flexibility index (Phi) is 4.40. The van der Waals surface area contributed by atoms with Crippen molar-refractivity contribution >= 4 is 17.4 Å². The van der Waals surface area contributed by atoms with Gasteiger partial charge in [-0.3, -0.25) is 0 Å². The summed E-state index contributed by atoms with van der Waals surface area (Å²) in [5, 5.41) is 12.8. The molecule has 0 spiro atoms. The van der Waals surface area contributed by atoms with Gasteiger partial charge in [-0.15, -0.1) is 0 Å². The fraction of sp³-hybridized carbons (Fsp3) is 0.538. The van der Waals surface area contributed by atoms with Crippen LogP contribution in [0.25, 0.3) is 0 Å². The van der Waals surface area contributed by atoms with E-state index in [0.717, 1.165) is 19.6 Å². The predicted molar refractivity (Wildman–Crippen MR) is 72.8 cm³/mol. The van der Waals surface area contributed by atoms with Gasteiger partial charge in [-0.25, -0.2) is 4.98 Å². The third kappa shape index (κ3) is 2.92. The number of nitrogens with one attached hydrogen (secondary N) is 1. The van der Waals surface area contributed by atoms with Crippen molar-refractivity contribution in [1.29, 1.82) is 5.26 Å². The van der Waals surface area contributed by atoms with Crippen LogP contribution in [0.5, 0.6) is 0 Å². The highest BCUT2D eigenvalue weighted by atomic mass is 35.5. The first-order valence-corrected chi connectivity index (χ1v) is 6.56. The number of nitrogens with zero attached hydrogens (tertiary/aromatic N) is 3. The molecular formula is C13H17ClN4. The summed E-state index contributed by atoms with van der Waals surface area (Å²) in [6.07, 6.45) is 4.00. The fourth-order valence-corrected chi connectivity index (χ4v) is 2.62. The van der Waals surface area contributed by atoms with Gasteiger partial charge in [-0.05, 0) is 37.9 Å². The Bertz CT molecular complexity index is 449. The fourth-order valence-electron chi connectivity index (χ4n) is 2.32. The highest BCUT2D eigenvalue weighted by molar-refractivity contribution is 6.34. The number of nitriles is 1. The molecule has 0 atom stereocenters. The minimum atomic E-state index is 0.455. The second-order valence-electron chi connectivity index (χ2n) is 4.68. The number of rotatable bonds is 3. The highest BCUT2D eigenvalue weighted by Gasteiger charge is 2.18. The van der Waals surface area contributed by atoms with Crippen molar-refractivity contribution in [3.63, 3.8) is 0 Å². The Morgan fingerprint density at radius 3 is 2.94 bits per heavy atom. The zero-order valence-corrected chi connectivity index (χ0v) is 11.2. The molecule has 1 aliphatic heterocycles. The van der Waals surface area contributed by atoms with E-state index in [1.54, 1.807) is 12.3 Å². The topological polar surface area (TPSA) is 52.0 Å². The lowest BCUT2D eigenvalue weighted by molar-refractivity contribution is 0.377. The minimum Gasteiger partial charge on any atom is -0.358 e. The van der Waals surface area contributed by atoms with Crippen LogP contribution < -0.4 is 10.2 Å². The lowest BCUT2D eigenvalue weighted by atomic mass is 9.98. The molecule has 5 heteroatoms. The number of anilines is 1. The van der Waals surface area contributed by atoms with E-state index in [2.05, 4.69) is 21.3 Å². The highest BCUT2D eigenvalue weighted by Crippen LogP contribution is 2.27. The Morgan fingerprint density at radius 1 is 1.56 bits per heavy atom. The summed E-state index contributed by atoms with van der Waals surface area (Å²) in [5.41, 5.74) is 0.485. The molecule has 0 radical (unpaired) electrons. The summed E-state index contributed by atoms with van der Waals surface area (Å²) in [6.45, 7) is 3.10. The van der Waals surface area contributed by atoms with Crippen LogP contribution in [0.2, 0.25) is 5.02 Å². The third-order valence-corrected chi connectivity index (χ3v) is 3.72. The quantitative estimate of drug-likeness (QED) is 0.908. The summed E-state index contributed by atoms with van der Waals surface area (Å²) in [7, 11) is 1.98. The number of pyridine rings is 1. The second-order valence-corrected chi connectivity index (χ2v) is 5.06. The Hall–Kier alpha value is -1.31. The predicted octanol–water partition coefficient (Wildman–Crippen LogP) is 2.04. The molecule has 1 aromatic heterocycles. The van der Waals surface area contributed by atoms with Crippen LogP contribution in [0.4, 0.5) is 5.82 Å². The molecule has 0 saturated carbocycles. The molecule has 0 aliphatic carbocycles. The maximum Gasteiger partial charge on any atom is 0.148 e. The average molecular weight is 265 g/mol. The van der Waals surface area contributed by atoms with E-state index in [9.17, 15) is 0 Å². The summed E-state index contributed by atoms with van der Waals surface area (Å²) < 4.78 is 0. The zero-order valence-electron chi connectivity index (χ0n) is 10.5. The molecule has 2 rings (SSSR count). The van der Waals surface area contributed by atoms with Crippen molar-refractivity contribution in [3.05, 3.63) is 22.8 Å². The molecule has 1 aromatic rings. The smallest absolute Gasteiger partial charge is 0.148 e. The van der Waals surface area contributed by atoms with Gasteiger partial charge in [0, 0.05) is 19.8 Å². The van der Waals surface area contributed by atoms with Gasteiger partial charge in [0.25, 0.3) is 0 Å². The summed E-state index contributed by atoms with van der Waals surface area (Å²) in [4.78, 5) is 6.33. The van der Waals surface area contributed by atoms with E-state index < -0.39 is 0 Å². The average Bonchev–Trinajstić information content (AvgIpc) is 2.40. The van der Waals surface area contributed by atoms with E-state index in [0.29, 0.717) is 22.3 Å². The molecular weight excluding hydrogens is 248 g/mol. The van der Waals surface area contributed by atoms with E-state index >= 15 is 0 Å². The van der Waals surface area contributed by atoms with Crippen molar-refractivity contribution in [2.75, 3.05) is 31.6 Å². The Morgan fingerprint density at radius 2 is 2.28 bits per heavy atom. The molecule has 2 heterocycles. The maximum absolute atomic E-state index is 8.96. The number of halogens is 1. The first-order chi connectivity index (χ1) is 8.72. The van der Waals surface area contributed by atoms with Crippen LogP contribution in [0.15, 0.2) is 12.3 Å². The van der Waals surface area contributed by atoms with Gasteiger partial charge in [-0.2, -0.15) is 5.26 Å². The summed E-state index contributed by atoms with van der Waals surface area (Å²) >= 11 is 6.18. The van der Waals surface area contributed by atoms with Crippen molar-refractivity contribution in [2.24, 2.45) is 5.92 Å². The molecule has 0 amide bonds. The van der Waals surface area contributed by atoms with E-state index in [1.807, 2.05) is 7.05 Å². The minimum absolute atomic E-state index is 0.455. The standard InChI is InChI=1S/C13H17ClN4/c1-18(9-10-2-5-16-6-3-10)13-12(14)11(8-15)4-7-17-13/h4,7,10,16H,2-3,5-6,9H2,1H3. The van der Waals surface area contributed by atoms with Crippen LogP contribution in [-0.2, 0) is 0 Å². The van der Waals surface area contributed by atoms with E-state index in [4.69, 9.17) is 16.9 Å². The van der Waals surface area contributed by atoms with Crippen molar-refractivity contribution < 1.29 is 0 Å². The molecule has 18 heavy (non-hydrogen) atoms. The lowest BCUT2D eigenvalue weighted by Crippen LogP contribution is -2.35. The maximum atomic E-state index is 8.96. The van der Waals surface area contributed by atoms with E-state index in [-0.39, 0.29) is 0 Å². The van der Waals surface area contributed by atoms with Crippen LogP contribution in [0, 0.1) is 17.2 Å². The van der Waals surface area contributed by atoms with Crippen LogP contribution >= 0.6 is 11.6 Å². The van der Waals surface area contributed by atoms with Gasteiger partial charge >= 0.3 is 0 Å². The largest absolute Gasteiger partial charge is 0.358 e. The first-order valence-electron chi connectivity index (χ1n) is 6.19. The monoisotopic (exact) mass is 264 g/mol. The van der Waals surface area contributed by atoms with Gasteiger partial charge in [0.05, 0.1) is 5.56 Å². The first kappa shape index (κ1) is 13.1. The van der Waals surface area contributed by atoms with Gasteiger partial charge in [0.15, 0.2) is 0 Å². The van der Waals surface area contributed by atoms with Gasteiger partial charge in [-0.1, -0.05) is 11.6 Å². The molecule has 1 fully saturated rings. The number of hydrogen-bond donors (Lipinski definition) is 1.